The van der Waals surface area contributed by atoms with Gasteiger partial charge in [-0.3, -0.25) is 15.1 Å². The fourth-order valence-electron chi connectivity index (χ4n) is 2.52. The molecule has 3 rings (SSSR count). The summed E-state index contributed by atoms with van der Waals surface area (Å²) in [6.07, 6.45) is 6.23. The molecule has 1 aliphatic heterocycles. The Morgan fingerprint density at radius 2 is 1.97 bits per heavy atom. The van der Waals surface area contributed by atoms with Crippen LogP contribution in [0.2, 0.25) is 0 Å². The fraction of sp³-hybridized carbons (Fsp3) is 0.250. The van der Waals surface area contributed by atoms with E-state index in [0.717, 1.165) is 47.9 Å². The van der Waals surface area contributed by atoms with Crippen LogP contribution in [-0.4, -0.2) is 37.3 Å². The van der Waals surface area contributed by atoms with Gasteiger partial charge in [-0.25, -0.2) is 8.42 Å². The van der Waals surface area contributed by atoms with Crippen LogP contribution in [0.3, 0.4) is 0 Å². The number of aromatic nitrogens is 1. The van der Waals surface area contributed by atoms with Crippen molar-refractivity contribution in [2.45, 2.75) is 19.8 Å². The second-order valence-electron chi connectivity index (χ2n) is 6.37. The van der Waals surface area contributed by atoms with Crippen LogP contribution in [0.4, 0.5) is 0 Å². The summed E-state index contributed by atoms with van der Waals surface area (Å²) in [4.78, 5) is 16.7. The quantitative estimate of drug-likeness (QED) is 0.677. The maximum Gasteiger partial charge on any atom is 0.264 e. The molecule has 9 heteroatoms. The van der Waals surface area contributed by atoms with Crippen LogP contribution in [0.25, 0.3) is 6.08 Å². The number of carbonyl (C=O) groups excluding carboxylic acids is 1. The van der Waals surface area contributed by atoms with Gasteiger partial charge in [-0.2, -0.15) is 0 Å². The molecule has 0 bridgehead atoms. The lowest BCUT2D eigenvalue weighted by Gasteiger charge is -2.07. The first-order valence-electron chi connectivity index (χ1n) is 9.00. The average Bonchev–Trinajstić information content (AvgIpc) is 3.00. The summed E-state index contributed by atoms with van der Waals surface area (Å²) in [6, 6.07) is 11.4. The minimum absolute atomic E-state index is 0.0595. The van der Waals surface area contributed by atoms with Crippen LogP contribution in [0, 0.1) is 0 Å². The summed E-state index contributed by atoms with van der Waals surface area (Å²) >= 11 is 0.992. The molecular weight excluding hydrogens is 410 g/mol. The molecular formula is C20H21N3O4S2. The predicted octanol–water partition coefficient (Wildman–Crippen LogP) is 2.79. The van der Waals surface area contributed by atoms with Crippen molar-refractivity contribution in [3.05, 3.63) is 64.3 Å². The third kappa shape index (κ3) is 6.43. The molecule has 1 aromatic carbocycles. The third-order valence-corrected chi connectivity index (χ3v) is 5.54. The monoisotopic (exact) mass is 431 g/mol. The van der Waals surface area contributed by atoms with Crippen molar-refractivity contribution in [1.29, 1.82) is 0 Å². The Labute approximate surface area is 174 Å². The number of amides is 1. The van der Waals surface area contributed by atoms with Gasteiger partial charge in [-0.1, -0.05) is 25.1 Å². The van der Waals surface area contributed by atoms with E-state index in [0.29, 0.717) is 11.5 Å². The number of nitrogens with one attached hydrogen (secondary N) is 1. The first-order valence-corrected chi connectivity index (χ1v) is 11.7. The molecule has 1 aliphatic rings. The van der Waals surface area contributed by atoms with Crippen molar-refractivity contribution in [3.8, 4) is 5.75 Å². The molecule has 1 fully saturated rings. The number of pyridine rings is 1. The Bertz CT molecular complexity index is 1040. The van der Waals surface area contributed by atoms with Gasteiger partial charge in [0.25, 0.3) is 15.9 Å². The number of nitrogens with zero attached hydrogens (tertiary/aromatic N) is 2. The zero-order valence-corrected chi connectivity index (χ0v) is 17.7. The van der Waals surface area contributed by atoms with Crippen LogP contribution in [0.15, 0.2) is 51.9 Å². The van der Waals surface area contributed by atoms with E-state index in [1.807, 2.05) is 36.5 Å². The highest BCUT2D eigenvalue weighted by Crippen LogP contribution is 2.27. The average molecular weight is 432 g/mol. The number of carbonyl (C=O) groups is 1. The smallest absolute Gasteiger partial charge is 0.264 e. The number of hydrogen-bond acceptors (Lipinski definition) is 6. The Hall–Kier alpha value is -2.65. The maximum absolute atomic E-state index is 12.0. The van der Waals surface area contributed by atoms with Crippen molar-refractivity contribution >= 4 is 38.9 Å². The van der Waals surface area contributed by atoms with Gasteiger partial charge in [0.1, 0.15) is 5.75 Å². The molecule has 1 aromatic heterocycles. The molecule has 0 atom stereocenters. The largest absolute Gasteiger partial charge is 0.493 e. The number of hydrogen-bond donors (Lipinski definition) is 1. The lowest BCUT2D eigenvalue weighted by Crippen LogP contribution is -2.20. The van der Waals surface area contributed by atoms with Crippen molar-refractivity contribution in [3.63, 3.8) is 0 Å². The summed E-state index contributed by atoms with van der Waals surface area (Å²) < 4.78 is 31.7. The molecule has 1 amide bonds. The van der Waals surface area contributed by atoms with E-state index in [2.05, 4.69) is 27.7 Å². The van der Waals surface area contributed by atoms with E-state index in [-0.39, 0.29) is 11.1 Å². The SMILES string of the molecule is CCc1ccc(CCOc2ccc(C=C3SC(=NS(C)(=O)=O)NC3=O)cc2)nc1. The minimum atomic E-state index is -3.56. The number of thioether (sulfide) groups is 1. The number of aryl methyl sites for hydroxylation is 1. The summed E-state index contributed by atoms with van der Waals surface area (Å²) in [5.74, 6) is 0.347. The van der Waals surface area contributed by atoms with Crippen LogP contribution in [0.5, 0.6) is 5.75 Å². The van der Waals surface area contributed by atoms with Gasteiger partial charge in [-0.15, -0.1) is 4.40 Å². The predicted molar refractivity (Wildman–Crippen MR) is 115 cm³/mol. The summed E-state index contributed by atoms with van der Waals surface area (Å²) in [7, 11) is -3.56. The molecule has 0 saturated carbocycles. The number of rotatable bonds is 7. The van der Waals surface area contributed by atoms with Crippen LogP contribution in [-0.2, 0) is 27.7 Å². The zero-order chi connectivity index (χ0) is 20.9. The number of ether oxygens (including phenoxy) is 1. The van der Waals surface area contributed by atoms with Crippen molar-refractivity contribution in [2.24, 2.45) is 4.40 Å². The Morgan fingerprint density at radius 1 is 1.21 bits per heavy atom. The Balaban J connectivity index is 1.56. The molecule has 0 spiro atoms. The lowest BCUT2D eigenvalue weighted by atomic mass is 10.2. The normalized spacial score (nSPS) is 17.0. The summed E-state index contributed by atoms with van der Waals surface area (Å²) in [5, 5.41) is 2.50. The van der Waals surface area contributed by atoms with Gasteiger partial charge < -0.3 is 4.74 Å². The fourth-order valence-corrected chi connectivity index (χ4v) is 4.11. The van der Waals surface area contributed by atoms with E-state index < -0.39 is 10.0 Å². The van der Waals surface area contributed by atoms with Gasteiger partial charge >= 0.3 is 0 Å². The standard InChI is InChI=1S/C20H21N3O4S2/c1-3-14-4-7-16(21-13-14)10-11-27-17-8-5-15(6-9-17)12-18-19(24)22-20(28-18)23-29(2,25)26/h4-9,12-13H,3,10-11H2,1-2H3,(H,22,23,24). The molecule has 152 valence electrons. The molecule has 1 N–H and O–H groups in total. The summed E-state index contributed by atoms with van der Waals surface area (Å²) in [6.45, 7) is 2.61. The zero-order valence-electron chi connectivity index (χ0n) is 16.1. The van der Waals surface area contributed by atoms with Crippen LogP contribution in [0.1, 0.15) is 23.7 Å². The first-order chi connectivity index (χ1) is 13.8. The molecule has 0 unspecified atom stereocenters. The summed E-state index contributed by atoms with van der Waals surface area (Å²) in [5.41, 5.74) is 3.00. The number of amidine groups is 1. The number of benzene rings is 1. The van der Waals surface area contributed by atoms with Gasteiger partial charge in [0, 0.05) is 18.3 Å². The van der Waals surface area contributed by atoms with Crippen molar-refractivity contribution in [2.75, 3.05) is 12.9 Å². The van der Waals surface area contributed by atoms with Gasteiger partial charge in [0.05, 0.1) is 17.8 Å². The second kappa shape index (κ2) is 9.23. The molecule has 2 heterocycles. The van der Waals surface area contributed by atoms with Gasteiger partial charge in [0.15, 0.2) is 5.17 Å². The molecule has 29 heavy (non-hydrogen) atoms. The molecule has 0 radical (unpaired) electrons. The lowest BCUT2D eigenvalue weighted by molar-refractivity contribution is -0.115. The van der Waals surface area contributed by atoms with Crippen molar-refractivity contribution in [1.82, 2.24) is 10.3 Å². The first kappa shape index (κ1) is 21.1. The highest BCUT2D eigenvalue weighted by atomic mass is 32.2. The van der Waals surface area contributed by atoms with E-state index in [9.17, 15) is 13.2 Å². The molecule has 0 aliphatic carbocycles. The second-order valence-corrected chi connectivity index (χ2v) is 9.05. The molecule has 2 aromatic rings. The minimum Gasteiger partial charge on any atom is -0.493 e. The third-order valence-electron chi connectivity index (χ3n) is 4.00. The van der Waals surface area contributed by atoms with Gasteiger partial charge in [-0.05, 0) is 53.6 Å². The highest BCUT2D eigenvalue weighted by molar-refractivity contribution is 8.19. The van der Waals surface area contributed by atoms with Gasteiger partial charge in [0.2, 0.25) is 0 Å². The molecule has 1 saturated heterocycles. The van der Waals surface area contributed by atoms with Crippen LogP contribution >= 0.6 is 11.8 Å². The van der Waals surface area contributed by atoms with E-state index in [1.54, 1.807) is 6.08 Å². The Morgan fingerprint density at radius 3 is 2.59 bits per heavy atom. The highest BCUT2D eigenvalue weighted by Gasteiger charge is 2.24. The van der Waals surface area contributed by atoms with E-state index in [4.69, 9.17) is 4.74 Å². The van der Waals surface area contributed by atoms with Crippen molar-refractivity contribution < 1.29 is 17.9 Å². The number of sulfonamides is 1. The molecule has 7 nitrogen and oxygen atoms in total. The topological polar surface area (TPSA) is 97.7 Å². The van der Waals surface area contributed by atoms with Crippen LogP contribution < -0.4 is 10.1 Å². The Kier molecular flexibility index (Phi) is 6.71. The van der Waals surface area contributed by atoms with E-state index in [1.165, 1.54) is 5.56 Å². The van der Waals surface area contributed by atoms with E-state index >= 15 is 0 Å². The maximum atomic E-state index is 12.0.